The van der Waals surface area contributed by atoms with E-state index in [0.717, 1.165) is 27.6 Å². The lowest BCUT2D eigenvalue weighted by Gasteiger charge is -2.55. The molecular weight excluding hydrogens is 544 g/mol. The number of aryl methyl sites for hydroxylation is 1. The van der Waals surface area contributed by atoms with Gasteiger partial charge in [-0.2, -0.15) is 0 Å². The Balaban J connectivity index is 1.55. The number of carbonyl (C=O) groups is 2. The number of benzene rings is 2. The van der Waals surface area contributed by atoms with Gasteiger partial charge in [-0.25, -0.2) is 18.4 Å². The summed E-state index contributed by atoms with van der Waals surface area (Å²) >= 11 is 0. The molecule has 2 aliphatic rings. The number of methoxy groups -OCH3 is 2. The van der Waals surface area contributed by atoms with Crippen LogP contribution in [0, 0.1) is 12.3 Å². The number of anilines is 1. The molecule has 0 amide bonds. The van der Waals surface area contributed by atoms with E-state index in [9.17, 15) is 18.4 Å². The molecule has 1 aliphatic carbocycles. The van der Waals surface area contributed by atoms with Gasteiger partial charge in [-0.1, -0.05) is 6.07 Å². The van der Waals surface area contributed by atoms with Crippen molar-refractivity contribution < 1.29 is 32.6 Å². The van der Waals surface area contributed by atoms with E-state index >= 15 is 0 Å². The molecular formula is C32H39F2N3O5. The van der Waals surface area contributed by atoms with Crippen LogP contribution in [0.25, 0.3) is 10.9 Å². The molecule has 2 heterocycles. The average Bonchev–Trinajstić information content (AvgIpc) is 3.35. The van der Waals surface area contributed by atoms with E-state index in [-0.39, 0.29) is 18.9 Å². The fourth-order valence-electron chi connectivity index (χ4n) is 6.74. The molecule has 1 aromatic heterocycles. The normalized spacial score (nSPS) is 19.9. The largest absolute Gasteiger partial charge is 0.496 e. The van der Waals surface area contributed by atoms with Gasteiger partial charge in [0.05, 0.1) is 25.3 Å². The molecule has 2 N–H and O–H groups in total. The maximum absolute atomic E-state index is 14.1. The quantitative estimate of drug-likeness (QED) is 0.259. The Hall–Kier alpha value is -3.66. The molecule has 1 atom stereocenters. The van der Waals surface area contributed by atoms with Gasteiger partial charge in [0.2, 0.25) is 5.92 Å². The summed E-state index contributed by atoms with van der Waals surface area (Å²) in [5, 5.41) is 0.848. The molecule has 0 bridgehead atoms. The van der Waals surface area contributed by atoms with E-state index in [1.807, 2.05) is 39.8 Å². The number of esters is 1. The number of aromatic nitrogens is 1. The molecule has 226 valence electrons. The van der Waals surface area contributed by atoms with E-state index in [0.29, 0.717) is 42.9 Å². The first-order valence-corrected chi connectivity index (χ1v) is 14.2. The number of nitrogens with zero attached hydrogens (tertiary/aromatic N) is 2. The zero-order chi connectivity index (χ0) is 30.6. The molecule has 8 nitrogen and oxygen atoms in total. The van der Waals surface area contributed by atoms with Crippen molar-refractivity contribution in [2.45, 2.75) is 77.5 Å². The summed E-state index contributed by atoms with van der Waals surface area (Å²) in [6.07, 6.45) is 2.11. The summed E-state index contributed by atoms with van der Waals surface area (Å²) < 4.78 is 46.1. The Morgan fingerprint density at radius 1 is 1.12 bits per heavy atom. The lowest BCUT2D eigenvalue weighted by atomic mass is 9.59. The Kier molecular flexibility index (Phi) is 7.50. The van der Waals surface area contributed by atoms with Gasteiger partial charge in [-0.15, -0.1) is 0 Å². The Morgan fingerprint density at radius 3 is 2.43 bits per heavy atom. The van der Waals surface area contributed by atoms with Crippen LogP contribution in [0.3, 0.4) is 0 Å². The van der Waals surface area contributed by atoms with Crippen molar-refractivity contribution in [2.75, 3.05) is 26.5 Å². The highest BCUT2D eigenvalue weighted by atomic mass is 19.3. The van der Waals surface area contributed by atoms with E-state index in [2.05, 4.69) is 4.90 Å². The summed E-state index contributed by atoms with van der Waals surface area (Å²) in [6, 6.07) is 8.58. The SMILES string of the molecule is COC(=O)c1ccc([C@@H]2CC3(CCN2Cc2c(OC)cc(C)c4c2ccn4C(=O)OC(C)(C)C)CC(F)(F)C3)c(N)c1. The maximum Gasteiger partial charge on any atom is 0.419 e. The highest BCUT2D eigenvalue weighted by Gasteiger charge is 2.58. The molecule has 5 rings (SSSR count). The van der Waals surface area contributed by atoms with E-state index in [1.54, 1.807) is 31.5 Å². The number of rotatable bonds is 5. The van der Waals surface area contributed by atoms with Gasteiger partial charge in [0.1, 0.15) is 11.4 Å². The third kappa shape index (κ3) is 5.56. The van der Waals surface area contributed by atoms with E-state index in [1.165, 1.54) is 11.7 Å². The van der Waals surface area contributed by atoms with Crippen LogP contribution in [0.15, 0.2) is 36.5 Å². The van der Waals surface area contributed by atoms with Gasteiger partial charge >= 0.3 is 12.1 Å². The van der Waals surface area contributed by atoms with Crippen LogP contribution in [0.2, 0.25) is 0 Å². The highest BCUT2D eigenvalue weighted by molar-refractivity contribution is 5.95. The minimum absolute atomic E-state index is 0.138. The number of likely N-dealkylation sites (tertiary alicyclic amines) is 1. The van der Waals surface area contributed by atoms with Crippen molar-refractivity contribution in [1.82, 2.24) is 9.47 Å². The summed E-state index contributed by atoms with van der Waals surface area (Å²) in [4.78, 5) is 27.4. The van der Waals surface area contributed by atoms with Crippen molar-refractivity contribution in [1.29, 1.82) is 0 Å². The summed E-state index contributed by atoms with van der Waals surface area (Å²) in [6.45, 7) is 8.40. The topological polar surface area (TPSA) is 96.0 Å². The smallest absolute Gasteiger partial charge is 0.419 e. The second-order valence-corrected chi connectivity index (χ2v) is 12.8. The van der Waals surface area contributed by atoms with Crippen LogP contribution in [0.1, 0.15) is 79.5 Å². The van der Waals surface area contributed by atoms with E-state index in [4.69, 9.17) is 19.9 Å². The Morgan fingerprint density at radius 2 is 1.83 bits per heavy atom. The van der Waals surface area contributed by atoms with Crippen molar-refractivity contribution in [3.63, 3.8) is 0 Å². The zero-order valence-corrected chi connectivity index (χ0v) is 25.1. The monoisotopic (exact) mass is 583 g/mol. The number of hydrogen-bond acceptors (Lipinski definition) is 7. The first kappa shape index (κ1) is 29.8. The number of piperidine rings is 1. The molecule has 1 saturated heterocycles. The number of fused-ring (bicyclic) bond motifs is 1. The molecule has 1 saturated carbocycles. The maximum atomic E-state index is 14.1. The van der Waals surface area contributed by atoms with Gasteiger partial charge in [-0.05, 0) is 87.9 Å². The lowest BCUT2D eigenvalue weighted by molar-refractivity contribution is -0.186. The third-order valence-electron chi connectivity index (χ3n) is 8.53. The van der Waals surface area contributed by atoms with Gasteiger partial charge in [-0.3, -0.25) is 9.47 Å². The van der Waals surface area contributed by atoms with Crippen molar-refractivity contribution >= 4 is 28.7 Å². The Labute approximate surface area is 244 Å². The predicted octanol–water partition coefficient (Wildman–Crippen LogP) is 6.86. The molecule has 0 unspecified atom stereocenters. The fourth-order valence-corrected chi connectivity index (χ4v) is 6.74. The number of nitrogens with two attached hydrogens (primary N) is 1. The van der Waals surface area contributed by atoms with Crippen LogP contribution in [-0.2, 0) is 16.0 Å². The van der Waals surface area contributed by atoms with Gasteiger partial charge in [0.15, 0.2) is 0 Å². The second-order valence-electron chi connectivity index (χ2n) is 12.8. The van der Waals surface area contributed by atoms with Crippen LogP contribution in [0.4, 0.5) is 19.3 Å². The van der Waals surface area contributed by atoms with Crippen LogP contribution >= 0.6 is 0 Å². The number of alkyl halides is 2. The number of ether oxygens (including phenoxy) is 3. The number of halogens is 2. The van der Waals surface area contributed by atoms with Crippen LogP contribution in [-0.4, -0.2) is 53.8 Å². The number of nitrogen functional groups attached to an aromatic ring is 1. The predicted molar refractivity (Wildman–Crippen MR) is 156 cm³/mol. The molecule has 3 aromatic rings. The van der Waals surface area contributed by atoms with Gasteiger partial charge in [0, 0.05) is 48.3 Å². The molecule has 2 aromatic carbocycles. The Bertz CT molecular complexity index is 1530. The molecule has 10 heteroatoms. The summed E-state index contributed by atoms with van der Waals surface area (Å²) in [5.74, 6) is -2.47. The standard InChI is InChI=1S/C32H39F2N3O5/c1-19-13-26(40-5)23(21-9-11-37(27(19)21)29(39)42-30(2,3)4)16-36-12-10-31(17-32(33,34)18-31)15-25(36)22-8-7-20(14-24(22)35)28(38)41-6/h7-9,11,13-14,25H,10,12,15-18,35H2,1-6H3/t25-/m0/s1. The van der Waals surface area contributed by atoms with Crippen molar-refractivity contribution in [3.05, 3.63) is 58.8 Å². The van der Waals surface area contributed by atoms with Gasteiger partial charge < -0.3 is 19.9 Å². The zero-order valence-electron chi connectivity index (χ0n) is 25.1. The summed E-state index contributed by atoms with van der Waals surface area (Å²) in [7, 11) is 2.92. The van der Waals surface area contributed by atoms with Crippen LogP contribution in [0.5, 0.6) is 5.75 Å². The van der Waals surface area contributed by atoms with Crippen LogP contribution < -0.4 is 10.5 Å². The molecule has 0 radical (unpaired) electrons. The minimum atomic E-state index is -2.65. The first-order chi connectivity index (χ1) is 19.7. The lowest BCUT2D eigenvalue weighted by Crippen LogP contribution is -2.53. The molecule has 2 fully saturated rings. The molecule has 1 spiro atoms. The summed E-state index contributed by atoms with van der Waals surface area (Å²) in [5.41, 5.74) is 9.36. The highest BCUT2D eigenvalue weighted by Crippen LogP contribution is 2.61. The first-order valence-electron chi connectivity index (χ1n) is 14.2. The van der Waals surface area contributed by atoms with E-state index < -0.39 is 29.0 Å². The molecule has 1 aliphatic heterocycles. The third-order valence-corrected chi connectivity index (χ3v) is 8.53. The average molecular weight is 584 g/mol. The van der Waals surface area contributed by atoms with Crippen molar-refractivity contribution in [2.24, 2.45) is 5.41 Å². The second kappa shape index (κ2) is 10.6. The van der Waals surface area contributed by atoms with Crippen molar-refractivity contribution in [3.8, 4) is 5.75 Å². The number of carbonyl (C=O) groups excluding carboxylic acids is 2. The fraction of sp³-hybridized carbons (Fsp3) is 0.500. The van der Waals surface area contributed by atoms with Gasteiger partial charge in [0.25, 0.3) is 0 Å². The molecule has 42 heavy (non-hydrogen) atoms. The number of hydrogen-bond donors (Lipinski definition) is 1. The minimum Gasteiger partial charge on any atom is -0.496 e.